The summed E-state index contributed by atoms with van der Waals surface area (Å²) in [6.07, 6.45) is 2.68. The first kappa shape index (κ1) is 26.5. The number of halogens is 1. The van der Waals surface area contributed by atoms with Gasteiger partial charge in [0.05, 0.1) is 22.4 Å². The average Bonchev–Trinajstić information content (AvgIpc) is 3.24. The van der Waals surface area contributed by atoms with Gasteiger partial charge < -0.3 is 15.2 Å². The minimum absolute atomic E-state index is 0.0291. The van der Waals surface area contributed by atoms with Gasteiger partial charge in [-0.15, -0.1) is 16.8 Å². The van der Waals surface area contributed by atoms with Crippen molar-refractivity contribution in [1.82, 2.24) is 20.1 Å². The Balaban J connectivity index is 1.74. The maximum absolute atomic E-state index is 12.9. The molecule has 0 aliphatic carbocycles. The highest BCUT2D eigenvalue weighted by Crippen LogP contribution is 2.26. The van der Waals surface area contributed by atoms with Crippen molar-refractivity contribution in [2.45, 2.75) is 44.9 Å². The second-order valence-electron chi connectivity index (χ2n) is 8.30. The van der Waals surface area contributed by atoms with Gasteiger partial charge in [-0.2, -0.15) is 0 Å². The third-order valence-electron chi connectivity index (χ3n) is 5.39. The van der Waals surface area contributed by atoms with E-state index >= 15 is 0 Å². The molecule has 0 fully saturated rings. The Kier molecular flexibility index (Phi) is 9.51. The van der Waals surface area contributed by atoms with Gasteiger partial charge in [0.2, 0.25) is 5.91 Å². The molecule has 0 saturated carbocycles. The molecule has 0 radical (unpaired) electrons. The van der Waals surface area contributed by atoms with E-state index in [0.29, 0.717) is 28.1 Å². The van der Waals surface area contributed by atoms with Crippen molar-refractivity contribution in [1.29, 1.82) is 0 Å². The minimum Gasteiger partial charge on any atom is -0.342 e. The van der Waals surface area contributed by atoms with Gasteiger partial charge in [-0.1, -0.05) is 74.5 Å². The number of aromatic nitrogens is 3. The van der Waals surface area contributed by atoms with Crippen molar-refractivity contribution < 1.29 is 9.59 Å². The van der Waals surface area contributed by atoms with Crippen LogP contribution < -0.4 is 10.6 Å². The first-order valence-corrected chi connectivity index (χ1v) is 12.8. The van der Waals surface area contributed by atoms with Crippen LogP contribution in [0.3, 0.4) is 0 Å². The number of nitrogens with one attached hydrogen (secondary N) is 2. The van der Waals surface area contributed by atoms with Crippen molar-refractivity contribution in [2.75, 3.05) is 11.1 Å². The molecule has 2 aromatic carbocycles. The number of amides is 2. The van der Waals surface area contributed by atoms with E-state index in [2.05, 4.69) is 34.3 Å². The summed E-state index contributed by atoms with van der Waals surface area (Å²) in [5, 5.41) is 15.6. The molecular formula is C26H30ClN5O2S. The smallest absolute Gasteiger partial charge is 0.253 e. The van der Waals surface area contributed by atoms with Gasteiger partial charge in [0.15, 0.2) is 11.0 Å². The SMILES string of the molecule is C=CCn1c(SCC(=O)Nc2ccc(CC)cc2)nnc1[C@@H](NC(=O)c1ccccc1Cl)C(C)C. The van der Waals surface area contributed by atoms with Crippen molar-refractivity contribution in [3.8, 4) is 0 Å². The molecule has 0 bridgehead atoms. The van der Waals surface area contributed by atoms with Crippen molar-refractivity contribution >= 4 is 40.9 Å². The van der Waals surface area contributed by atoms with Crippen LogP contribution in [0.25, 0.3) is 0 Å². The first-order valence-electron chi connectivity index (χ1n) is 11.4. The normalized spacial score (nSPS) is 11.8. The predicted molar refractivity (Wildman–Crippen MR) is 142 cm³/mol. The number of allylic oxidation sites excluding steroid dienone is 1. The van der Waals surface area contributed by atoms with E-state index in [0.717, 1.165) is 12.1 Å². The van der Waals surface area contributed by atoms with Gasteiger partial charge in [0, 0.05) is 12.2 Å². The number of hydrogen-bond acceptors (Lipinski definition) is 5. The molecule has 3 aromatic rings. The zero-order chi connectivity index (χ0) is 25.4. The molecule has 9 heteroatoms. The van der Waals surface area contributed by atoms with E-state index in [1.807, 2.05) is 42.7 Å². The highest BCUT2D eigenvalue weighted by molar-refractivity contribution is 7.99. The Labute approximate surface area is 215 Å². The van der Waals surface area contributed by atoms with Crippen LogP contribution in [-0.4, -0.2) is 32.3 Å². The Morgan fingerprint density at radius 3 is 2.49 bits per heavy atom. The van der Waals surface area contributed by atoms with Crippen LogP contribution in [0.2, 0.25) is 5.02 Å². The molecule has 35 heavy (non-hydrogen) atoms. The molecule has 184 valence electrons. The Hall–Kier alpha value is -3.10. The Morgan fingerprint density at radius 2 is 1.86 bits per heavy atom. The number of carbonyl (C=O) groups is 2. The third kappa shape index (κ3) is 6.96. The summed E-state index contributed by atoms with van der Waals surface area (Å²) in [6.45, 7) is 10.4. The van der Waals surface area contributed by atoms with E-state index in [4.69, 9.17) is 11.6 Å². The number of carbonyl (C=O) groups excluding carboxylic acids is 2. The molecule has 0 saturated heterocycles. The van der Waals surface area contributed by atoms with E-state index in [1.54, 1.807) is 30.3 Å². The second-order valence-corrected chi connectivity index (χ2v) is 9.65. The van der Waals surface area contributed by atoms with Crippen LogP contribution in [-0.2, 0) is 17.8 Å². The lowest BCUT2D eigenvalue weighted by atomic mass is 10.0. The van der Waals surface area contributed by atoms with Gasteiger partial charge in [-0.3, -0.25) is 9.59 Å². The van der Waals surface area contributed by atoms with E-state index in [9.17, 15) is 9.59 Å². The van der Waals surface area contributed by atoms with E-state index < -0.39 is 6.04 Å². The molecule has 1 heterocycles. The van der Waals surface area contributed by atoms with Crippen LogP contribution in [0.1, 0.15) is 48.6 Å². The molecule has 7 nitrogen and oxygen atoms in total. The number of rotatable bonds is 11. The molecule has 2 N–H and O–H groups in total. The minimum atomic E-state index is -0.411. The zero-order valence-electron chi connectivity index (χ0n) is 20.1. The molecular weight excluding hydrogens is 482 g/mol. The van der Waals surface area contributed by atoms with Crippen molar-refractivity contribution in [3.63, 3.8) is 0 Å². The number of aryl methyl sites for hydroxylation is 1. The Morgan fingerprint density at radius 1 is 1.14 bits per heavy atom. The Bertz CT molecular complexity index is 1180. The summed E-state index contributed by atoms with van der Waals surface area (Å²) in [5.41, 5.74) is 2.36. The van der Waals surface area contributed by atoms with Gasteiger partial charge in [0.1, 0.15) is 0 Å². The zero-order valence-corrected chi connectivity index (χ0v) is 21.7. The van der Waals surface area contributed by atoms with Gasteiger partial charge in [-0.05, 0) is 42.2 Å². The molecule has 0 spiro atoms. The summed E-state index contributed by atoms with van der Waals surface area (Å²) in [6, 6.07) is 14.3. The van der Waals surface area contributed by atoms with Crippen molar-refractivity contribution in [3.05, 3.63) is 83.2 Å². The predicted octanol–water partition coefficient (Wildman–Crippen LogP) is 5.54. The number of thioether (sulfide) groups is 1. The summed E-state index contributed by atoms with van der Waals surface area (Å²) in [7, 11) is 0. The lowest BCUT2D eigenvalue weighted by molar-refractivity contribution is -0.113. The van der Waals surface area contributed by atoms with Gasteiger partial charge in [0.25, 0.3) is 5.91 Å². The largest absolute Gasteiger partial charge is 0.342 e. The molecule has 0 aliphatic heterocycles. The lowest BCUT2D eigenvalue weighted by Crippen LogP contribution is -2.34. The number of anilines is 1. The number of hydrogen-bond donors (Lipinski definition) is 2. The maximum atomic E-state index is 12.9. The topological polar surface area (TPSA) is 88.9 Å². The standard InChI is InChI=1S/C26H30ClN5O2S/c1-5-15-32-24(23(17(3)4)29-25(34)20-9-7-8-10-21(20)27)30-31-26(32)35-16-22(33)28-19-13-11-18(6-2)12-14-19/h5,7-14,17,23H,1,6,15-16H2,2-4H3,(H,28,33)(H,29,34)/t23-/m0/s1. The monoisotopic (exact) mass is 511 g/mol. The lowest BCUT2D eigenvalue weighted by Gasteiger charge is -2.23. The summed E-state index contributed by atoms with van der Waals surface area (Å²) in [5.74, 6) is 0.370. The molecule has 3 rings (SSSR count). The molecule has 0 unspecified atom stereocenters. The van der Waals surface area contributed by atoms with Crippen LogP contribution in [0.5, 0.6) is 0 Å². The van der Waals surface area contributed by atoms with Gasteiger partial charge >= 0.3 is 0 Å². The quantitative estimate of drug-likeness (QED) is 0.261. The molecule has 1 aromatic heterocycles. The number of benzene rings is 2. The van der Waals surface area contributed by atoms with Crippen LogP contribution >= 0.6 is 23.4 Å². The van der Waals surface area contributed by atoms with Crippen LogP contribution in [0.15, 0.2) is 66.3 Å². The average molecular weight is 512 g/mol. The van der Waals surface area contributed by atoms with Crippen LogP contribution in [0, 0.1) is 5.92 Å². The maximum Gasteiger partial charge on any atom is 0.253 e. The highest BCUT2D eigenvalue weighted by Gasteiger charge is 2.27. The fourth-order valence-corrected chi connectivity index (χ4v) is 4.46. The van der Waals surface area contributed by atoms with E-state index in [1.165, 1.54) is 17.3 Å². The number of nitrogens with zero attached hydrogens (tertiary/aromatic N) is 3. The first-order chi connectivity index (χ1) is 16.8. The van der Waals surface area contributed by atoms with Crippen molar-refractivity contribution in [2.24, 2.45) is 5.92 Å². The highest BCUT2D eigenvalue weighted by atomic mass is 35.5. The summed E-state index contributed by atoms with van der Waals surface area (Å²) in [4.78, 5) is 25.4. The molecule has 1 atom stereocenters. The van der Waals surface area contributed by atoms with Crippen LogP contribution in [0.4, 0.5) is 5.69 Å². The molecule has 2 amide bonds. The van der Waals surface area contributed by atoms with E-state index in [-0.39, 0.29) is 23.5 Å². The van der Waals surface area contributed by atoms with Gasteiger partial charge in [-0.25, -0.2) is 0 Å². The summed E-state index contributed by atoms with van der Waals surface area (Å²) < 4.78 is 1.87. The second kappa shape index (κ2) is 12.6. The summed E-state index contributed by atoms with van der Waals surface area (Å²) >= 11 is 7.49. The fraction of sp³-hybridized carbons (Fsp3) is 0.308. The molecule has 0 aliphatic rings. The fourth-order valence-electron chi connectivity index (χ4n) is 3.48. The third-order valence-corrected chi connectivity index (χ3v) is 6.68.